The molecule has 4 rings (SSSR count). The molecular weight excluding hydrogens is 284 g/mol. The Morgan fingerprint density at radius 1 is 0.957 bits per heavy atom. The van der Waals surface area contributed by atoms with E-state index >= 15 is 0 Å². The van der Waals surface area contributed by atoms with Gasteiger partial charge in [0.25, 0.3) is 0 Å². The van der Waals surface area contributed by atoms with Gasteiger partial charge in [0, 0.05) is 18.3 Å². The number of hydrogen-bond donors (Lipinski definition) is 1. The van der Waals surface area contributed by atoms with Crippen LogP contribution in [0.5, 0.6) is 5.75 Å². The van der Waals surface area contributed by atoms with Crippen LogP contribution in [0.25, 0.3) is 0 Å². The van der Waals surface area contributed by atoms with Gasteiger partial charge >= 0.3 is 0 Å². The monoisotopic (exact) mass is 304 g/mol. The summed E-state index contributed by atoms with van der Waals surface area (Å²) >= 11 is 0. The highest BCUT2D eigenvalue weighted by atomic mass is 16.5. The molecule has 1 aromatic heterocycles. The SMILES string of the molecule is CNCC1Oc2ccccc2C(c2ccccc2)n2cccc21. The van der Waals surface area contributed by atoms with E-state index in [0.29, 0.717) is 0 Å². The van der Waals surface area contributed by atoms with Gasteiger partial charge in [0.1, 0.15) is 5.75 Å². The Bertz CT molecular complexity index is 794. The van der Waals surface area contributed by atoms with Crippen molar-refractivity contribution in [3.05, 3.63) is 89.7 Å². The molecule has 0 spiro atoms. The fraction of sp³-hybridized carbons (Fsp3) is 0.200. The fourth-order valence-electron chi connectivity index (χ4n) is 3.40. The topological polar surface area (TPSA) is 26.2 Å². The molecule has 1 aliphatic rings. The second-order valence-corrected chi connectivity index (χ2v) is 5.86. The lowest BCUT2D eigenvalue weighted by atomic mass is 9.97. The molecule has 3 heteroatoms. The number of rotatable bonds is 3. The number of hydrogen-bond acceptors (Lipinski definition) is 2. The Morgan fingerprint density at radius 3 is 2.57 bits per heavy atom. The first-order valence-corrected chi connectivity index (χ1v) is 8.00. The lowest BCUT2D eigenvalue weighted by molar-refractivity contribution is 0.201. The van der Waals surface area contributed by atoms with Crippen LogP contribution >= 0.6 is 0 Å². The second-order valence-electron chi connectivity index (χ2n) is 5.86. The number of nitrogens with zero attached hydrogens (tertiary/aromatic N) is 1. The molecule has 3 nitrogen and oxygen atoms in total. The number of nitrogens with one attached hydrogen (secondary N) is 1. The van der Waals surface area contributed by atoms with Crippen molar-refractivity contribution < 1.29 is 4.74 Å². The number of likely N-dealkylation sites (N-methyl/N-ethyl adjacent to an activating group) is 1. The van der Waals surface area contributed by atoms with Crippen LogP contribution in [0.4, 0.5) is 0 Å². The summed E-state index contributed by atoms with van der Waals surface area (Å²) in [7, 11) is 1.96. The van der Waals surface area contributed by atoms with E-state index in [9.17, 15) is 0 Å². The van der Waals surface area contributed by atoms with E-state index in [-0.39, 0.29) is 12.1 Å². The van der Waals surface area contributed by atoms with Crippen LogP contribution in [-0.2, 0) is 0 Å². The molecular formula is C20H20N2O. The van der Waals surface area contributed by atoms with Gasteiger partial charge in [-0.1, -0.05) is 48.5 Å². The van der Waals surface area contributed by atoms with Gasteiger partial charge in [0.2, 0.25) is 0 Å². The molecule has 0 bridgehead atoms. The quantitative estimate of drug-likeness (QED) is 0.797. The van der Waals surface area contributed by atoms with Crippen molar-refractivity contribution in [3.8, 4) is 5.75 Å². The average molecular weight is 304 g/mol. The van der Waals surface area contributed by atoms with E-state index in [1.54, 1.807) is 0 Å². The summed E-state index contributed by atoms with van der Waals surface area (Å²) in [6.07, 6.45) is 2.16. The molecule has 0 saturated heterocycles. The minimum Gasteiger partial charge on any atom is -0.482 e. The predicted octanol–water partition coefficient (Wildman–Crippen LogP) is 3.78. The van der Waals surface area contributed by atoms with Crippen LogP contribution < -0.4 is 10.1 Å². The second kappa shape index (κ2) is 5.94. The van der Waals surface area contributed by atoms with Crippen LogP contribution in [-0.4, -0.2) is 18.2 Å². The van der Waals surface area contributed by atoms with Gasteiger partial charge in [-0.05, 0) is 30.8 Å². The van der Waals surface area contributed by atoms with Crippen molar-refractivity contribution in [1.82, 2.24) is 9.88 Å². The zero-order chi connectivity index (χ0) is 15.6. The molecule has 1 aliphatic heterocycles. The molecule has 2 atom stereocenters. The first-order valence-electron chi connectivity index (χ1n) is 8.00. The van der Waals surface area contributed by atoms with Crippen LogP contribution in [0.3, 0.4) is 0 Å². The van der Waals surface area contributed by atoms with Crippen LogP contribution in [0.15, 0.2) is 72.9 Å². The molecule has 0 radical (unpaired) electrons. The largest absolute Gasteiger partial charge is 0.482 e. The Balaban J connectivity index is 1.94. The molecule has 2 unspecified atom stereocenters. The zero-order valence-corrected chi connectivity index (χ0v) is 13.1. The zero-order valence-electron chi connectivity index (χ0n) is 13.1. The van der Waals surface area contributed by atoms with Gasteiger partial charge in [-0.15, -0.1) is 0 Å². The van der Waals surface area contributed by atoms with Crippen molar-refractivity contribution in [2.24, 2.45) is 0 Å². The molecule has 1 N–H and O–H groups in total. The van der Waals surface area contributed by atoms with Gasteiger partial charge in [-0.3, -0.25) is 0 Å². The Morgan fingerprint density at radius 2 is 1.74 bits per heavy atom. The molecule has 23 heavy (non-hydrogen) atoms. The number of benzene rings is 2. The molecule has 3 aromatic rings. The number of para-hydroxylation sites is 1. The van der Waals surface area contributed by atoms with Crippen LogP contribution in [0.2, 0.25) is 0 Å². The summed E-state index contributed by atoms with van der Waals surface area (Å²) < 4.78 is 8.69. The van der Waals surface area contributed by atoms with Crippen LogP contribution in [0.1, 0.15) is 29.0 Å². The summed E-state index contributed by atoms with van der Waals surface area (Å²) in [5.41, 5.74) is 3.67. The van der Waals surface area contributed by atoms with Crippen molar-refractivity contribution in [3.63, 3.8) is 0 Å². The maximum Gasteiger partial charge on any atom is 0.151 e. The van der Waals surface area contributed by atoms with Crippen molar-refractivity contribution >= 4 is 0 Å². The highest BCUT2D eigenvalue weighted by Crippen LogP contribution is 2.40. The van der Waals surface area contributed by atoms with Gasteiger partial charge in [0.05, 0.1) is 11.7 Å². The third-order valence-electron chi connectivity index (χ3n) is 4.41. The van der Waals surface area contributed by atoms with E-state index in [2.05, 4.69) is 76.7 Å². The highest BCUT2D eigenvalue weighted by Gasteiger charge is 2.29. The van der Waals surface area contributed by atoms with Gasteiger partial charge in [-0.2, -0.15) is 0 Å². The van der Waals surface area contributed by atoms with Gasteiger partial charge in [-0.25, -0.2) is 0 Å². The first-order chi connectivity index (χ1) is 11.4. The average Bonchev–Trinajstić information content (AvgIpc) is 3.02. The van der Waals surface area contributed by atoms with Crippen molar-refractivity contribution in [1.29, 1.82) is 0 Å². The maximum absolute atomic E-state index is 6.35. The summed E-state index contributed by atoms with van der Waals surface area (Å²) in [4.78, 5) is 0. The fourth-order valence-corrected chi connectivity index (χ4v) is 3.40. The van der Waals surface area contributed by atoms with Crippen molar-refractivity contribution in [2.45, 2.75) is 12.1 Å². The van der Waals surface area contributed by atoms with E-state index in [4.69, 9.17) is 4.74 Å². The molecule has 0 saturated carbocycles. The van der Waals surface area contributed by atoms with Crippen molar-refractivity contribution in [2.75, 3.05) is 13.6 Å². The number of ether oxygens (including phenoxy) is 1. The Kier molecular flexibility index (Phi) is 3.64. The van der Waals surface area contributed by atoms with E-state index in [1.165, 1.54) is 16.8 Å². The number of fused-ring (bicyclic) bond motifs is 2. The first kappa shape index (κ1) is 14.1. The number of aromatic nitrogens is 1. The normalized spacial score (nSPS) is 19.3. The summed E-state index contributed by atoms with van der Waals surface area (Å²) in [5, 5.41) is 3.24. The lowest BCUT2D eigenvalue weighted by Gasteiger charge is -2.21. The summed E-state index contributed by atoms with van der Waals surface area (Å²) in [5.74, 6) is 0.963. The Labute approximate surface area is 136 Å². The minimum atomic E-state index is 0.00450. The maximum atomic E-state index is 6.35. The van der Waals surface area contributed by atoms with Gasteiger partial charge in [0.15, 0.2) is 6.10 Å². The molecule has 2 heterocycles. The molecule has 0 aliphatic carbocycles. The van der Waals surface area contributed by atoms with E-state index in [1.807, 2.05) is 13.1 Å². The minimum absolute atomic E-state index is 0.00450. The standard InChI is InChI=1S/C20H20N2O/c1-21-14-19-17-11-7-13-22(17)20(15-8-3-2-4-9-15)16-10-5-6-12-18(16)23-19/h2-13,19-21H,14H2,1H3. The summed E-state index contributed by atoms with van der Waals surface area (Å²) in [6.45, 7) is 0.778. The third kappa shape index (κ3) is 2.43. The molecule has 0 fully saturated rings. The lowest BCUT2D eigenvalue weighted by Crippen LogP contribution is -2.23. The molecule has 2 aromatic carbocycles. The summed E-state index contributed by atoms with van der Waals surface area (Å²) in [6, 6.07) is 23.4. The third-order valence-corrected chi connectivity index (χ3v) is 4.41. The van der Waals surface area contributed by atoms with E-state index < -0.39 is 0 Å². The molecule has 0 amide bonds. The highest BCUT2D eigenvalue weighted by molar-refractivity contribution is 5.45. The van der Waals surface area contributed by atoms with Crippen LogP contribution in [0, 0.1) is 0 Å². The smallest absolute Gasteiger partial charge is 0.151 e. The van der Waals surface area contributed by atoms with Gasteiger partial charge < -0.3 is 14.6 Å². The van der Waals surface area contributed by atoms with E-state index in [0.717, 1.165) is 12.3 Å². The molecule has 116 valence electrons. The predicted molar refractivity (Wildman–Crippen MR) is 91.9 cm³/mol. The Hall–Kier alpha value is -2.52.